The van der Waals surface area contributed by atoms with Crippen molar-refractivity contribution in [1.82, 2.24) is 4.90 Å². The molecule has 0 unspecified atom stereocenters. The van der Waals surface area contributed by atoms with Crippen LogP contribution in [0.15, 0.2) is 22.7 Å². The lowest BCUT2D eigenvalue weighted by molar-refractivity contribution is 0.0778. The number of nitrogens with zero attached hydrogens (tertiary/aromatic N) is 1. The Balaban J connectivity index is 2.71. The molecule has 0 aliphatic heterocycles. The summed E-state index contributed by atoms with van der Waals surface area (Å²) in [6.45, 7) is 3.33. The third-order valence-electron chi connectivity index (χ3n) is 2.62. The van der Waals surface area contributed by atoms with E-state index >= 15 is 0 Å². The average molecular weight is 300 g/mol. The number of halogens is 1. The van der Waals surface area contributed by atoms with E-state index in [1.807, 2.05) is 32.2 Å². The van der Waals surface area contributed by atoms with Crippen LogP contribution < -0.4 is 0 Å². The largest absolute Gasteiger partial charge is 0.385 e. The predicted octanol–water partition coefficient (Wildman–Crippen LogP) is 2.87. The van der Waals surface area contributed by atoms with Crippen LogP contribution in [0.5, 0.6) is 0 Å². The molecule has 1 aromatic carbocycles. The molecule has 0 radical (unpaired) electrons. The van der Waals surface area contributed by atoms with Gasteiger partial charge >= 0.3 is 0 Å². The predicted molar refractivity (Wildman–Crippen MR) is 72.3 cm³/mol. The molecule has 1 aromatic rings. The summed E-state index contributed by atoms with van der Waals surface area (Å²) in [5.74, 6) is 0.0555. The number of aryl methyl sites for hydroxylation is 1. The second-order valence-corrected chi connectivity index (χ2v) is 4.95. The molecule has 94 valence electrons. The van der Waals surface area contributed by atoms with Gasteiger partial charge in [0.15, 0.2) is 0 Å². The summed E-state index contributed by atoms with van der Waals surface area (Å²) in [6.07, 6.45) is 0.853. The molecule has 0 aromatic heterocycles. The highest BCUT2D eigenvalue weighted by molar-refractivity contribution is 9.10. The Kier molecular flexibility index (Phi) is 5.65. The lowest BCUT2D eigenvalue weighted by atomic mass is 10.1. The van der Waals surface area contributed by atoms with Gasteiger partial charge in [0.05, 0.1) is 0 Å². The molecule has 0 aliphatic rings. The van der Waals surface area contributed by atoms with Crippen molar-refractivity contribution >= 4 is 21.8 Å². The Morgan fingerprint density at radius 3 is 2.82 bits per heavy atom. The summed E-state index contributed by atoms with van der Waals surface area (Å²) in [5, 5.41) is 0. The minimum atomic E-state index is 0.0555. The monoisotopic (exact) mass is 299 g/mol. The molecule has 0 N–H and O–H groups in total. The fourth-order valence-electron chi connectivity index (χ4n) is 1.58. The van der Waals surface area contributed by atoms with Crippen LogP contribution in [0, 0.1) is 6.92 Å². The highest BCUT2D eigenvalue weighted by atomic mass is 79.9. The number of hydrogen-bond donors (Lipinski definition) is 0. The second-order valence-electron chi connectivity index (χ2n) is 4.03. The van der Waals surface area contributed by atoms with E-state index in [0.29, 0.717) is 13.2 Å². The Labute approximate surface area is 111 Å². The van der Waals surface area contributed by atoms with Crippen LogP contribution in [0.25, 0.3) is 0 Å². The second kappa shape index (κ2) is 6.77. The number of amides is 1. The third-order valence-corrected chi connectivity index (χ3v) is 3.11. The van der Waals surface area contributed by atoms with Crippen molar-refractivity contribution in [2.45, 2.75) is 13.3 Å². The molecule has 17 heavy (non-hydrogen) atoms. The first-order valence-corrected chi connectivity index (χ1v) is 6.36. The van der Waals surface area contributed by atoms with Crippen LogP contribution in [0.1, 0.15) is 22.3 Å². The smallest absolute Gasteiger partial charge is 0.253 e. The maximum Gasteiger partial charge on any atom is 0.253 e. The van der Waals surface area contributed by atoms with Gasteiger partial charge in [-0.1, -0.05) is 22.0 Å². The normalized spacial score (nSPS) is 10.4. The molecule has 0 saturated heterocycles. The van der Waals surface area contributed by atoms with Crippen molar-refractivity contribution in [3.8, 4) is 0 Å². The fraction of sp³-hybridized carbons (Fsp3) is 0.462. The summed E-state index contributed by atoms with van der Waals surface area (Å²) in [5.41, 5.74) is 1.75. The highest BCUT2D eigenvalue weighted by Gasteiger charge is 2.13. The number of hydrogen-bond acceptors (Lipinski definition) is 2. The number of carbonyl (C=O) groups is 1. The van der Waals surface area contributed by atoms with E-state index in [4.69, 9.17) is 4.74 Å². The summed E-state index contributed by atoms with van der Waals surface area (Å²) in [6, 6.07) is 5.75. The minimum absolute atomic E-state index is 0.0555. The molecule has 0 saturated carbocycles. The van der Waals surface area contributed by atoms with Gasteiger partial charge in [0.2, 0.25) is 0 Å². The van der Waals surface area contributed by atoms with Crippen molar-refractivity contribution in [2.75, 3.05) is 27.3 Å². The number of methoxy groups -OCH3 is 1. The van der Waals surface area contributed by atoms with Crippen LogP contribution in [0.3, 0.4) is 0 Å². The van der Waals surface area contributed by atoms with Gasteiger partial charge < -0.3 is 9.64 Å². The quantitative estimate of drug-likeness (QED) is 0.783. The highest BCUT2D eigenvalue weighted by Crippen LogP contribution is 2.17. The molecular formula is C13H18BrNO2. The molecule has 3 nitrogen and oxygen atoms in total. The van der Waals surface area contributed by atoms with E-state index in [2.05, 4.69) is 15.9 Å². The van der Waals surface area contributed by atoms with Gasteiger partial charge in [-0.2, -0.15) is 0 Å². The van der Waals surface area contributed by atoms with E-state index in [1.165, 1.54) is 0 Å². The zero-order valence-electron chi connectivity index (χ0n) is 10.5. The van der Waals surface area contributed by atoms with Crippen LogP contribution >= 0.6 is 15.9 Å². The third kappa shape index (κ3) is 4.13. The maximum absolute atomic E-state index is 12.2. The van der Waals surface area contributed by atoms with Gasteiger partial charge in [-0.25, -0.2) is 0 Å². The lowest BCUT2D eigenvalue weighted by Gasteiger charge is -2.18. The molecule has 4 heteroatoms. The van der Waals surface area contributed by atoms with Crippen molar-refractivity contribution in [3.05, 3.63) is 33.8 Å². The summed E-state index contributed by atoms with van der Waals surface area (Å²) < 4.78 is 5.90. The van der Waals surface area contributed by atoms with Gasteiger partial charge in [0.25, 0.3) is 5.91 Å². The van der Waals surface area contributed by atoms with Gasteiger partial charge in [-0.3, -0.25) is 4.79 Å². The molecule has 0 fully saturated rings. The van der Waals surface area contributed by atoms with Gasteiger partial charge in [0, 0.05) is 37.3 Å². The molecule has 1 amide bonds. The number of carbonyl (C=O) groups excluding carboxylic acids is 1. The first-order valence-electron chi connectivity index (χ1n) is 5.57. The topological polar surface area (TPSA) is 29.5 Å². The SMILES string of the molecule is COCCCN(C)C(=O)c1cc(Br)ccc1C. The molecule has 0 spiro atoms. The van der Waals surface area contributed by atoms with Gasteiger partial charge in [-0.15, -0.1) is 0 Å². The average Bonchev–Trinajstić information content (AvgIpc) is 2.31. The zero-order chi connectivity index (χ0) is 12.8. The van der Waals surface area contributed by atoms with Crippen molar-refractivity contribution < 1.29 is 9.53 Å². The van der Waals surface area contributed by atoms with Gasteiger partial charge in [0.1, 0.15) is 0 Å². The van der Waals surface area contributed by atoms with E-state index in [0.717, 1.165) is 22.0 Å². The van der Waals surface area contributed by atoms with Crippen LogP contribution in [0.2, 0.25) is 0 Å². The summed E-state index contributed by atoms with van der Waals surface area (Å²) in [4.78, 5) is 13.9. The minimum Gasteiger partial charge on any atom is -0.385 e. The number of ether oxygens (including phenoxy) is 1. The molecule has 1 rings (SSSR count). The van der Waals surface area contributed by atoms with Crippen molar-refractivity contribution in [1.29, 1.82) is 0 Å². The van der Waals surface area contributed by atoms with Gasteiger partial charge in [-0.05, 0) is 31.0 Å². The molecular weight excluding hydrogens is 282 g/mol. The van der Waals surface area contributed by atoms with E-state index in [1.54, 1.807) is 12.0 Å². The first-order chi connectivity index (χ1) is 8.06. The fourth-order valence-corrected chi connectivity index (χ4v) is 1.94. The number of benzene rings is 1. The maximum atomic E-state index is 12.2. The summed E-state index contributed by atoms with van der Waals surface area (Å²) in [7, 11) is 3.48. The standard InChI is InChI=1S/C13H18BrNO2/c1-10-5-6-11(14)9-12(10)13(16)15(2)7-4-8-17-3/h5-6,9H,4,7-8H2,1-3H3. The first kappa shape index (κ1) is 14.2. The molecule has 0 heterocycles. The van der Waals surface area contributed by atoms with E-state index in [9.17, 15) is 4.79 Å². The summed E-state index contributed by atoms with van der Waals surface area (Å²) >= 11 is 3.39. The van der Waals surface area contributed by atoms with Crippen LogP contribution in [-0.2, 0) is 4.74 Å². The molecule has 0 atom stereocenters. The Morgan fingerprint density at radius 2 is 2.18 bits per heavy atom. The van der Waals surface area contributed by atoms with Crippen LogP contribution in [-0.4, -0.2) is 38.1 Å². The Bertz CT molecular complexity index is 393. The van der Waals surface area contributed by atoms with E-state index in [-0.39, 0.29) is 5.91 Å². The molecule has 0 aliphatic carbocycles. The lowest BCUT2D eigenvalue weighted by Crippen LogP contribution is -2.28. The molecule has 0 bridgehead atoms. The number of rotatable bonds is 5. The Hall–Kier alpha value is -0.870. The Morgan fingerprint density at radius 1 is 1.47 bits per heavy atom. The van der Waals surface area contributed by atoms with Crippen molar-refractivity contribution in [2.24, 2.45) is 0 Å². The van der Waals surface area contributed by atoms with Crippen molar-refractivity contribution in [3.63, 3.8) is 0 Å². The van der Waals surface area contributed by atoms with Crippen LogP contribution in [0.4, 0.5) is 0 Å². The van der Waals surface area contributed by atoms with E-state index < -0.39 is 0 Å². The zero-order valence-corrected chi connectivity index (χ0v) is 12.1.